The Kier molecular flexibility index (Phi) is 4.08. The molecule has 1 aromatic carbocycles. The second-order valence-corrected chi connectivity index (χ2v) is 2.94. The molecule has 0 spiro atoms. The number of hydrogen-bond donors (Lipinski definition) is 1. The third kappa shape index (κ3) is 3.31. The molecule has 1 nitrogen and oxygen atoms in total. The van der Waals surface area contributed by atoms with Crippen LogP contribution >= 0.6 is 0 Å². The van der Waals surface area contributed by atoms with Crippen molar-refractivity contribution in [1.82, 2.24) is 5.32 Å². The van der Waals surface area contributed by atoms with Gasteiger partial charge in [-0.3, -0.25) is 5.32 Å². The maximum absolute atomic E-state index is 3.33. The fraction of sp³-hybridized carbons (Fsp3) is 0.333. The van der Waals surface area contributed by atoms with Gasteiger partial charge in [0.15, 0.2) is 0 Å². The molecule has 0 unspecified atom stereocenters. The molecule has 68 valence electrons. The van der Waals surface area contributed by atoms with E-state index in [9.17, 15) is 0 Å². The van der Waals surface area contributed by atoms with E-state index in [-0.39, 0.29) is 0 Å². The Hall–Kier alpha value is -1.26. The van der Waals surface area contributed by atoms with Gasteiger partial charge in [-0.25, -0.2) is 0 Å². The Bertz CT molecular complexity index is 292. The molecule has 0 radical (unpaired) electrons. The lowest BCUT2D eigenvalue weighted by atomic mass is 10.1. The summed E-state index contributed by atoms with van der Waals surface area (Å²) >= 11 is 0. The fourth-order valence-corrected chi connectivity index (χ4v) is 1.15. The Morgan fingerprint density at radius 1 is 1.31 bits per heavy atom. The van der Waals surface area contributed by atoms with Gasteiger partial charge in [-0.1, -0.05) is 36.3 Å². The Morgan fingerprint density at radius 3 is 2.62 bits per heavy atom. The average molecular weight is 173 g/mol. The molecule has 0 saturated heterocycles. The van der Waals surface area contributed by atoms with Crippen molar-refractivity contribution in [2.45, 2.75) is 19.9 Å². The zero-order chi connectivity index (χ0) is 9.52. The lowest BCUT2D eigenvalue weighted by molar-refractivity contribution is 0.623. The molecule has 0 saturated carbocycles. The maximum Gasteiger partial charge on any atom is 0.0581 e. The van der Waals surface area contributed by atoms with Gasteiger partial charge in [0.1, 0.15) is 0 Å². The van der Waals surface area contributed by atoms with E-state index in [0.29, 0.717) is 6.04 Å². The second kappa shape index (κ2) is 5.40. The largest absolute Gasteiger partial charge is 0.300 e. The van der Waals surface area contributed by atoms with E-state index >= 15 is 0 Å². The summed E-state index contributed by atoms with van der Waals surface area (Å²) in [6.07, 6.45) is 0. The smallest absolute Gasteiger partial charge is 0.0581 e. The van der Waals surface area contributed by atoms with Crippen LogP contribution in [0.5, 0.6) is 0 Å². The molecule has 0 aliphatic rings. The molecule has 0 heterocycles. The second-order valence-electron chi connectivity index (χ2n) is 2.94. The first-order valence-electron chi connectivity index (χ1n) is 4.52. The van der Waals surface area contributed by atoms with E-state index in [1.54, 1.807) is 0 Å². The van der Waals surface area contributed by atoms with Crippen LogP contribution in [0.15, 0.2) is 30.3 Å². The van der Waals surface area contributed by atoms with E-state index in [0.717, 1.165) is 6.54 Å². The van der Waals surface area contributed by atoms with Gasteiger partial charge in [-0.2, -0.15) is 0 Å². The molecule has 1 N–H and O–H groups in total. The first kappa shape index (κ1) is 9.83. The van der Waals surface area contributed by atoms with Crippen molar-refractivity contribution in [1.29, 1.82) is 0 Å². The van der Waals surface area contributed by atoms with E-state index in [1.165, 1.54) is 5.56 Å². The highest BCUT2D eigenvalue weighted by molar-refractivity contribution is 5.18. The molecule has 0 aliphatic heterocycles. The van der Waals surface area contributed by atoms with Gasteiger partial charge in [0.25, 0.3) is 0 Å². The normalized spacial score (nSPS) is 11.5. The van der Waals surface area contributed by atoms with Crippen molar-refractivity contribution in [3.63, 3.8) is 0 Å². The summed E-state index contributed by atoms with van der Waals surface area (Å²) in [6, 6.07) is 10.8. The molecular formula is C12H15N. The van der Waals surface area contributed by atoms with Crippen molar-refractivity contribution in [3.05, 3.63) is 35.9 Å². The van der Waals surface area contributed by atoms with Crippen LogP contribution in [0.25, 0.3) is 0 Å². The standard InChI is InChI=1S/C12H15N/c1-3-4-10-13-11(2)12-8-6-5-7-9-12/h5-9,11,13H,10H2,1-2H3/t11-/m0/s1. The van der Waals surface area contributed by atoms with E-state index in [2.05, 4.69) is 48.3 Å². The molecule has 0 aliphatic carbocycles. The Labute approximate surface area is 80.2 Å². The minimum absolute atomic E-state index is 0.377. The zero-order valence-electron chi connectivity index (χ0n) is 8.17. The van der Waals surface area contributed by atoms with E-state index < -0.39 is 0 Å². The van der Waals surface area contributed by atoms with Gasteiger partial charge in [-0.15, -0.1) is 5.92 Å². The molecule has 0 bridgehead atoms. The van der Waals surface area contributed by atoms with Gasteiger partial charge in [0.2, 0.25) is 0 Å². The monoisotopic (exact) mass is 173 g/mol. The van der Waals surface area contributed by atoms with Crippen LogP contribution in [0, 0.1) is 11.8 Å². The molecule has 1 aromatic rings. The predicted octanol–water partition coefficient (Wildman–Crippen LogP) is 2.36. The molecule has 0 aromatic heterocycles. The molecule has 13 heavy (non-hydrogen) atoms. The number of hydrogen-bond acceptors (Lipinski definition) is 1. The minimum atomic E-state index is 0.377. The molecule has 1 rings (SSSR count). The molecule has 1 heteroatoms. The number of nitrogens with one attached hydrogen (secondary N) is 1. The van der Waals surface area contributed by atoms with Crippen molar-refractivity contribution >= 4 is 0 Å². The van der Waals surface area contributed by atoms with Crippen LogP contribution in [-0.4, -0.2) is 6.54 Å². The van der Waals surface area contributed by atoms with Gasteiger partial charge < -0.3 is 0 Å². The van der Waals surface area contributed by atoms with Crippen LogP contribution in [0.2, 0.25) is 0 Å². The number of rotatable bonds is 3. The Morgan fingerprint density at radius 2 is 2.00 bits per heavy atom. The van der Waals surface area contributed by atoms with Crippen molar-refractivity contribution in [3.8, 4) is 11.8 Å². The quantitative estimate of drug-likeness (QED) is 0.692. The average Bonchev–Trinajstić information content (AvgIpc) is 2.19. The third-order valence-corrected chi connectivity index (χ3v) is 1.97. The van der Waals surface area contributed by atoms with Crippen molar-refractivity contribution in [2.24, 2.45) is 0 Å². The highest BCUT2D eigenvalue weighted by Crippen LogP contribution is 2.09. The van der Waals surface area contributed by atoms with E-state index in [4.69, 9.17) is 0 Å². The minimum Gasteiger partial charge on any atom is -0.300 e. The first-order valence-corrected chi connectivity index (χ1v) is 4.52. The SMILES string of the molecule is CC#CCN[C@@H](C)c1ccccc1. The molecular weight excluding hydrogens is 158 g/mol. The molecule has 1 atom stereocenters. The highest BCUT2D eigenvalue weighted by atomic mass is 14.9. The Balaban J connectivity index is 2.47. The summed E-state index contributed by atoms with van der Waals surface area (Å²) < 4.78 is 0. The maximum atomic E-state index is 3.33. The zero-order valence-corrected chi connectivity index (χ0v) is 8.17. The third-order valence-electron chi connectivity index (χ3n) is 1.97. The summed E-state index contributed by atoms with van der Waals surface area (Å²) in [7, 11) is 0. The van der Waals surface area contributed by atoms with Gasteiger partial charge in [0.05, 0.1) is 6.54 Å². The van der Waals surface area contributed by atoms with Crippen LogP contribution in [0.3, 0.4) is 0 Å². The van der Waals surface area contributed by atoms with Gasteiger partial charge in [-0.05, 0) is 19.4 Å². The van der Waals surface area contributed by atoms with Gasteiger partial charge >= 0.3 is 0 Å². The summed E-state index contributed by atoms with van der Waals surface area (Å²) in [5.41, 5.74) is 1.31. The summed E-state index contributed by atoms with van der Waals surface area (Å²) in [5.74, 6) is 5.85. The topological polar surface area (TPSA) is 12.0 Å². The van der Waals surface area contributed by atoms with Crippen molar-refractivity contribution < 1.29 is 0 Å². The molecule has 0 fully saturated rings. The van der Waals surface area contributed by atoms with Crippen LogP contribution in [0.1, 0.15) is 25.5 Å². The summed E-state index contributed by atoms with van der Waals surface area (Å²) in [5, 5.41) is 3.33. The van der Waals surface area contributed by atoms with E-state index in [1.807, 2.05) is 13.0 Å². The first-order chi connectivity index (χ1) is 6.34. The number of benzene rings is 1. The summed E-state index contributed by atoms with van der Waals surface area (Å²) in [4.78, 5) is 0. The fourth-order valence-electron chi connectivity index (χ4n) is 1.15. The van der Waals surface area contributed by atoms with Crippen LogP contribution in [-0.2, 0) is 0 Å². The lowest BCUT2D eigenvalue weighted by Gasteiger charge is -2.11. The van der Waals surface area contributed by atoms with Crippen LogP contribution < -0.4 is 5.32 Å². The molecule has 0 amide bonds. The van der Waals surface area contributed by atoms with Crippen molar-refractivity contribution in [2.75, 3.05) is 6.54 Å². The van der Waals surface area contributed by atoms with Gasteiger partial charge in [0, 0.05) is 6.04 Å². The lowest BCUT2D eigenvalue weighted by Crippen LogP contribution is -2.18. The van der Waals surface area contributed by atoms with Crippen LogP contribution in [0.4, 0.5) is 0 Å². The predicted molar refractivity (Wildman–Crippen MR) is 56.3 cm³/mol. The summed E-state index contributed by atoms with van der Waals surface area (Å²) in [6.45, 7) is 4.76. The highest BCUT2D eigenvalue weighted by Gasteiger charge is 2.00.